The van der Waals surface area contributed by atoms with Crippen molar-refractivity contribution < 1.29 is 9.94 Å². The van der Waals surface area contributed by atoms with Gasteiger partial charge in [-0.1, -0.05) is 18.1 Å². The Hall–Kier alpha value is -0.850. The average Bonchev–Trinajstić information content (AvgIpc) is 2.98. The zero-order valence-corrected chi connectivity index (χ0v) is 13.2. The summed E-state index contributed by atoms with van der Waals surface area (Å²) in [6.07, 6.45) is 2.59. The Labute approximate surface area is 128 Å². The molecule has 0 aliphatic carbocycles. The van der Waals surface area contributed by atoms with Gasteiger partial charge in [-0.25, -0.2) is 0 Å². The smallest absolute Gasteiger partial charge is 0.172 e. The predicted molar refractivity (Wildman–Crippen MR) is 85.0 cm³/mol. The van der Waals surface area contributed by atoms with Gasteiger partial charge in [0.1, 0.15) is 0 Å². The van der Waals surface area contributed by atoms with Crippen molar-refractivity contribution in [3.05, 3.63) is 23.8 Å². The zero-order chi connectivity index (χ0) is 14.4. The Balaban J connectivity index is 2.19. The first-order valence-electron chi connectivity index (χ1n) is 6.74. The van der Waals surface area contributed by atoms with Gasteiger partial charge >= 0.3 is 0 Å². The van der Waals surface area contributed by atoms with Gasteiger partial charge in [0.25, 0.3) is 0 Å². The van der Waals surface area contributed by atoms with Crippen molar-refractivity contribution in [3.8, 4) is 0 Å². The summed E-state index contributed by atoms with van der Waals surface area (Å²) in [6.45, 7) is 2.96. The minimum absolute atomic E-state index is 0.177. The third-order valence-electron chi connectivity index (χ3n) is 3.10. The van der Waals surface area contributed by atoms with Crippen LogP contribution in [0.3, 0.4) is 0 Å². The topological polar surface area (TPSA) is 67.8 Å². The lowest BCUT2D eigenvalue weighted by Crippen LogP contribution is -2.16. The fraction of sp³-hybridized carbons (Fsp3) is 0.500. The van der Waals surface area contributed by atoms with Crippen LogP contribution in [0.1, 0.15) is 25.3 Å². The summed E-state index contributed by atoms with van der Waals surface area (Å²) in [4.78, 5) is 2.11. The van der Waals surface area contributed by atoms with Crippen LogP contribution in [0.2, 0.25) is 0 Å². The van der Waals surface area contributed by atoms with E-state index < -0.39 is 0 Å². The molecule has 6 heteroatoms. The van der Waals surface area contributed by atoms with E-state index in [0.29, 0.717) is 6.10 Å². The highest BCUT2D eigenvalue weighted by molar-refractivity contribution is 8.00. The monoisotopic (exact) mass is 312 g/mol. The summed E-state index contributed by atoms with van der Waals surface area (Å²) >= 11 is 3.42. The van der Waals surface area contributed by atoms with Gasteiger partial charge in [-0.2, -0.15) is 0 Å². The van der Waals surface area contributed by atoms with Gasteiger partial charge in [0.15, 0.2) is 5.84 Å². The molecule has 0 saturated carbocycles. The number of hydrogen-bond acceptors (Lipinski definition) is 5. The van der Waals surface area contributed by atoms with Crippen molar-refractivity contribution >= 4 is 29.4 Å². The van der Waals surface area contributed by atoms with E-state index in [9.17, 15) is 0 Å². The maximum atomic E-state index is 9.00. The number of benzene rings is 1. The van der Waals surface area contributed by atoms with Gasteiger partial charge < -0.3 is 15.7 Å². The second kappa shape index (κ2) is 7.81. The molecule has 3 N–H and O–H groups in total. The molecule has 1 unspecified atom stereocenters. The molecule has 1 saturated heterocycles. The highest BCUT2D eigenvalue weighted by Crippen LogP contribution is 2.32. The summed E-state index contributed by atoms with van der Waals surface area (Å²) in [6, 6.07) is 6.05. The molecule has 2 rings (SSSR count). The fourth-order valence-corrected chi connectivity index (χ4v) is 4.24. The van der Waals surface area contributed by atoms with Crippen molar-refractivity contribution in [2.45, 2.75) is 35.7 Å². The quantitative estimate of drug-likeness (QED) is 0.278. The van der Waals surface area contributed by atoms with Gasteiger partial charge in [0.2, 0.25) is 0 Å². The van der Waals surface area contributed by atoms with E-state index in [4.69, 9.17) is 15.7 Å². The lowest BCUT2D eigenvalue weighted by atomic mass is 10.2. The van der Waals surface area contributed by atoms with Crippen LogP contribution in [0.5, 0.6) is 0 Å². The van der Waals surface area contributed by atoms with Crippen molar-refractivity contribution in [1.82, 2.24) is 0 Å². The third kappa shape index (κ3) is 3.84. The van der Waals surface area contributed by atoms with Crippen LogP contribution >= 0.6 is 23.5 Å². The van der Waals surface area contributed by atoms with Crippen LogP contribution in [0.25, 0.3) is 0 Å². The molecule has 1 atom stereocenters. The third-order valence-corrected chi connectivity index (χ3v) is 5.23. The Bertz CT molecular complexity index is 474. The van der Waals surface area contributed by atoms with E-state index in [-0.39, 0.29) is 5.84 Å². The van der Waals surface area contributed by atoms with E-state index in [0.717, 1.165) is 46.3 Å². The molecule has 1 aromatic rings. The first-order chi connectivity index (χ1) is 9.76. The molecule has 1 aromatic carbocycles. The van der Waals surface area contributed by atoms with E-state index >= 15 is 0 Å². The lowest BCUT2D eigenvalue weighted by Gasteiger charge is -2.14. The van der Waals surface area contributed by atoms with E-state index in [1.54, 1.807) is 23.5 Å². The molecule has 0 radical (unpaired) electrons. The zero-order valence-electron chi connectivity index (χ0n) is 11.5. The Morgan fingerprint density at radius 1 is 1.45 bits per heavy atom. The molecule has 1 heterocycles. The molecule has 0 spiro atoms. The Morgan fingerprint density at radius 2 is 2.20 bits per heavy atom. The van der Waals surface area contributed by atoms with Crippen LogP contribution in [0, 0.1) is 0 Å². The van der Waals surface area contributed by atoms with Gasteiger partial charge in [0, 0.05) is 27.7 Å². The molecule has 0 aromatic heterocycles. The highest BCUT2D eigenvalue weighted by Gasteiger charge is 2.18. The Kier molecular flexibility index (Phi) is 6.06. The first-order valence-corrected chi connectivity index (χ1v) is 8.71. The van der Waals surface area contributed by atoms with Crippen molar-refractivity contribution in [2.75, 3.05) is 18.1 Å². The van der Waals surface area contributed by atoms with Crippen LogP contribution < -0.4 is 5.73 Å². The first kappa shape index (κ1) is 15.5. The van der Waals surface area contributed by atoms with Gasteiger partial charge in [-0.3, -0.25) is 0 Å². The normalized spacial score (nSPS) is 19.4. The van der Waals surface area contributed by atoms with Crippen LogP contribution in [-0.4, -0.2) is 35.3 Å². The summed E-state index contributed by atoms with van der Waals surface area (Å²) in [5, 5.41) is 12.2. The molecule has 20 heavy (non-hydrogen) atoms. The number of hydrogen-bond donors (Lipinski definition) is 2. The van der Waals surface area contributed by atoms with Crippen molar-refractivity contribution in [3.63, 3.8) is 0 Å². The number of rotatable bonds is 6. The molecule has 1 fully saturated rings. The summed E-state index contributed by atoms with van der Waals surface area (Å²) in [7, 11) is 0. The average molecular weight is 312 g/mol. The molecule has 110 valence electrons. The summed E-state index contributed by atoms with van der Waals surface area (Å²) in [5.74, 6) is 2.04. The second-order valence-corrected chi connectivity index (χ2v) is 6.86. The molecule has 4 nitrogen and oxygen atoms in total. The van der Waals surface area contributed by atoms with E-state index in [2.05, 4.69) is 12.1 Å². The van der Waals surface area contributed by atoms with Gasteiger partial charge in [0.05, 0.1) is 6.10 Å². The van der Waals surface area contributed by atoms with Crippen molar-refractivity contribution in [2.24, 2.45) is 10.9 Å². The lowest BCUT2D eigenvalue weighted by molar-refractivity contribution is 0.129. The highest BCUT2D eigenvalue weighted by atomic mass is 32.2. The standard InChI is InChI=1S/C14H20N2O2S2/c1-2-19-11-6-3-7-12(13(11)14(15)16-17)20-9-10-5-4-8-18-10/h3,6-7,10,17H,2,4-5,8-9H2,1H3,(H2,15,16). The predicted octanol–water partition coefficient (Wildman–Crippen LogP) is 3.16. The molecule has 0 bridgehead atoms. The number of thioether (sulfide) groups is 2. The SMILES string of the molecule is CCSc1cccc(SCC2CCCO2)c1/C(N)=N/O. The largest absolute Gasteiger partial charge is 0.409 e. The number of amidine groups is 1. The van der Waals surface area contributed by atoms with Crippen LogP contribution in [-0.2, 0) is 4.74 Å². The van der Waals surface area contributed by atoms with E-state index in [1.165, 1.54) is 0 Å². The molecule has 1 aliphatic rings. The molecular weight excluding hydrogens is 292 g/mol. The maximum absolute atomic E-state index is 9.00. The number of ether oxygens (including phenoxy) is 1. The minimum Gasteiger partial charge on any atom is -0.409 e. The molecular formula is C14H20N2O2S2. The van der Waals surface area contributed by atoms with Crippen molar-refractivity contribution in [1.29, 1.82) is 0 Å². The minimum atomic E-state index is 0.177. The van der Waals surface area contributed by atoms with Crippen LogP contribution in [0.4, 0.5) is 0 Å². The van der Waals surface area contributed by atoms with Gasteiger partial charge in [-0.15, -0.1) is 23.5 Å². The number of oxime groups is 1. The number of nitrogens with zero attached hydrogens (tertiary/aromatic N) is 1. The fourth-order valence-electron chi connectivity index (χ4n) is 2.17. The summed E-state index contributed by atoms with van der Waals surface area (Å²) < 4.78 is 5.64. The molecule has 0 amide bonds. The van der Waals surface area contributed by atoms with E-state index in [1.807, 2.05) is 18.2 Å². The Morgan fingerprint density at radius 3 is 2.80 bits per heavy atom. The van der Waals surface area contributed by atoms with Gasteiger partial charge in [-0.05, 0) is 30.7 Å². The second-order valence-electron chi connectivity index (χ2n) is 4.49. The number of nitrogens with two attached hydrogens (primary N) is 1. The molecule has 1 aliphatic heterocycles. The van der Waals surface area contributed by atoms with Crippen LogP contribution in [0.15, 0.2) is 33.1 Å². The summed E-state index contributed by atoms with van der Waals surface area (Å²) in [5.41, 5.74) is 6.69. The maximum Gasteiger partial charge on any atom is 0.172 e.